The van der Waals surface area contributed by atoms with E-state index in [4.69, 9.17) is 0 Å². The minimum atomic E-state index is 0.833. The Balaban J connectivity index is 3.09. The normalized spacial score (nSPS) is 9.90. The van der Waals surface area contributed by atoms with E-state index in [9.17, 15) is 0 Å². The maximum atomic E-state index is 4.23. The van der Waals surface area contributed by atoms with Crippen LogP contribution in [0.15, 0.2) is 10.7 Å². The van der Waals surface area contributed by atoms with Gasteiger partial charge in [0.15, 0.2) is 0 Å². The van der Waals surface area contributed by atoms with E-state index in [0.29, 0.717) is 0 Å². The van der Waals surface area contributed by atoms with Gasteiger partial charge in [-0.25, -0.2) is 9.97 Å². The van der Waals surface area contributed by atoms with Gasteiger partial charge < -0.3 is 0 Å². The molecule has 0 saturated heterocycles. The molecule has 10 heavy (non-hydrogen) atoms. The maximum absolute atomic E-state index is 4.23. The highest BCUT2D eigenvalue weighted by atomic mass is 79.9. The number of aromatic nitrogens is 2. The minimum absolute atomic E-state index is 0.833. The molecule has 54 valence electrons. The molecule has 1 heterocycles. The van der Waals surface area contributed by atoms with Crippen molar-refractivity contribution in [3.63, 3.8) is 0 Å². The van der Waals surface area contributed by atoms with Gasteiger partial charge in [-0.05, 0) is 29.3 Å². The molecule has 2 nitrogen and oxygen atoms in total. The second kappa shape index (κ2) is 3.10. The highest BCUT2D eigenvalue weighted by Gasteiger charge is 1.98. The summed E-state index contributed by atoms with van der Waals surface area (Å²) in [5.41, 5.74) is 1.08. The Kier molecular flexibility index (Phi) is 2.38. The van der Waals surface area contributed by atoms with E-state index in [-0.39, 0.29) is 0 Å². The molecule has 0 bridgehead atoms. The molecule has 1 aromatic heterocycles. The highest BCUT2D eigenvalue weighted by Crippen LogP contribution is 2.12. The summed E-state index contributed by atoms with van der Waals surface area (Å²) < 4.78 is 1.00. The largest absolute Gasteiger partial charge is 0.240 e. The number of aryl methyl sites for hydroxylation is 2. The fourth-order valence-electron chi connectivity index (χ4n) is 0.750. The van der Waals surface area contributed by atoms with E-state index in [0.717, 1.165) is 22.4 Å². The molecule has 0 aliphatic carbocycles. The van der Waals surface area contributed by atoms with E-state index in [2.05, 4.69) is 32.8 Å². The summed E-state index contributed by atoms with van der Waals surface area (Å²) in [7, 11) is 0. The van der Waals surface area contributed by atoms with Gasteiger partial charge in [0.2, 0.25) is 0 Å². The Morgan fingerprint density at radius 3 is 2.80 bits per heavy atom. The molecule has 0 spiro atoms. The molecular weight excluding hydrogens is 192 g/mol. The molecule has 0 aliphatic heterocycles. The topological polar surface area (TPSA) is 25.8 Å². The number of nitrogens with zero attached hydrogens (tertiary/aromatic N) is 2. The van der Waals surface area contributed by atoms with E-state index in [1.807, 2.05) is 6.92 Å². The van der Waals surface area contributed by atoms with Crippen molar-refractivity contribution in [1.29, 1.82) is 0 Å². The Hall–Kier alpha value is -0.440. The van der Waals surface area contributed by atoms with Crippen molar-refractivity contribution in [3.05, 3.63) is 22.2 Å². The first-order chi connectivity index (χ1) is 4.74. The van der Waals surface area contributed by atoms with Gasteiger partial charge >= 0.3 is 0 Å². The lowest BCUT2D eigenvalue weighted by atomic mass is 10.3. The van der Waals surface area contributed by atoms with E-state index >= 15 is 0 Å². The minimum Gasteiger partial charge on any atom is -0.240 e. The summed E-state index contributed by atoms with van der Waals surface area (Å²) >= 11 is 3.37. The lowest BCUT2D eigenvalue weighted by Gasteiger charge is -1.98. The molecule has 0 unspecified atom stereocenters. The fraction of sp³-hybridized carbons (Fsp3) is 0.429. The summed E-state index contributed by atoms with van der Waals surface area (Å²) in [5.74, 6) is 0.833. The average Bonchev–Trinajstić information content (AvgIpc) is 1.94. The molecule has 0 N–H and O–H groups in total. The summed E-state index contributed by atoms with van der Waals surface area (Å²) in [5, 5.41) is 0. The van der Waals surface area contributed by atoms with Crippen LogP contribution in [-0.4, -0.2) is 9.97 Å². The Morgan fingerprint density at radius 1 is 1.60 bits per heavy atom. The zero-order chi connectivity index (χ0) is 7.56. The van der Waals surface area contributed by atoms with Crippen LogP contribution in [0.1, 0.15) is 18.4 Å². The quantitative estimate of drug-likeness (QED) is 0.695. The molecule has 0 radical (unpaired) electrons. The Morgan fingerprint density at radius 2 is 2.30 bits per heavy atom. The number of rotatable bonds is 1. The van der Waals surface area contributed by atoms with Crippen LogP contribution >= 0.6 is 15.9 Å². The van der Waals surface area contributed by atoms with Crippen molar-refractivity contribution in [2.24, 2.45) is 0 Å². The first-order valence-electron chi connectivity index (χ1n) is 3.22. The third-order valence-corrected chi connectivity index (χ3v) is 1.93. The lowest BCUT2D eigenvalue weighted by Crippen LogP contribution is -1.93. The molecule has 0 saturated carbocycles. The van der Waals surface area contributed by atoms with Gasteiger partial charge in [0.25, 0.3) is 0 Å². The third kappa shape index (κ3) is 1.53. The molecule has 1 aromatic rings. The fourth-order valence-corrected chi connectivity index (χ4v) is 1.22. The second-order valence-electron chi connectivity index (χ2n) is 2.07. The van der Waals surface area contributed by atoms with Crippen molar-refractivity contribution in [2.75, 3.05) is 0 Å². The molecule has 0 amide bonds. The maximum Gasteiger partial charge on any atom is 0.125 e. The van der Waals surface area contributed by atoms with Crippen LogP contribution in [0.4, 0.5) is 0 Å². The van der Waals surface area contributed by atoms with Crippen LogP contribution in [-0.2, 0) is 6.42 Å². The smallest absolute Gasteiger partial charge is 0.125 e. The first kappa shape index (κ1) is 7.66. The van der Waals surface area contributed by atoms with Gasteiger partial charge in [0.1, 0.15) is 5.82 Å². The second-order valence-corrected chi connectivity index (χ2v) is 2.92. The van der Waals surface area contributed by atoms with E-state index < -0.39 is 0 Å². The first-order valence-corrected chi connectivity index (χ1v) is 4.01. The molecule has 0 aliphatic rings. The van der Waals surface area contributed by atoms with Crippen molar-refractivity contribution < 1.29 is 0 Å². The van der Waals surface area contributed by atoms with Crippen LogP contribution in [0.3, 0.4) is 0 Å². The van der Waals surface area contributed by atoms with E-state index in [1.165, 1.54) is 0 Å². The average molecular weight is 201 g/mol. The standard InChI is InChI=1S/C7H9BrN2/c1-3-7-6(8)4-9-5(2)10-7/h4H,3H2,1-2H3. The molecular formula is C7H9BrN2. The molecule has 3 heteroatoms. The zero-order valence-corrected chi connectivity index (χ0v) is 7.64. The Bertz CT molecular complexity index is 235. The number of halogens is 1. The van der Waals surface area contributed by atoms with Gasteiger partial charge in [-0.15, -0.1) is 0 Å². The van der Waals surface area contributed by atoms with Crippen LogP contribution in [0, 0.1) is 6.92 Å². The third-order valence-electron chi connectivity index (χ3n) is 1.27. The van der Waals surface area contributed by atoms with Crippen LogP contribution in [0.2, 0.25) is 0 Å². The predicted molar refractivity (Wildman–Crippen MR) is 43.8 cm³/mol. The van der Waals surface area contributed by atoms with Gasteiger partial charge in [-0.1, -0.05) is 6.92 Å². The molecule has 0 atom stereocenters. The summed E-state index contributed by atoms with van der Waals surface area (Å²) in [6, 6.07) is 0. The lowest BCUT2D eigenvalue weighted by molar-refractivity contribution is 0.937. The van der Waals surface area contributed by atoms with Crippen LogP contribution < -0.4 is 0 Å². The highest BCUT2D eigenvalue weighted by molar-refractivity contribution is 9.10. The molecule has 0 fully saturated rings. The van der Waals surface area contributed by atoms with Gasteiger partial charge in [0.05, 0.1) is 10.2 Å². The predicted octanol–water partition coefficient (Wildman–Crippen LogP) is 2.11. The van der Waals surface area contributed by atoms with Crippen LogP contribution in [0.25, 0.3) is 0 Å². The van der Waals surface area contributed by atoms with Crippen molar-refractivity contribution in [1.82, 2.24) is 9.97 Å². The van der Waals surface area contributed by atoms with Gasteiger partial charge in [0, 0.05) is 6.20 Å². The summed E-state index contributed by atoms with van der Waals surface area (Å²) in [4.78, 5) is 8.26. The Labute approximate surface area is 68.8 Å². The summed E-state index contributed by atoms with van der Waals surface area (Å²) in [6.07, 6.45) is 2.74. The van der Waals surface area contributed by atoms with Gasteiger partial charge in [-0.3, -0.25) is 0 Å². The monoisotopic (exact) mass is 200 g/mol. The number of hydrogen-bond acceptors (Lipinski definition) is 2. The van der Waals surface area contributed by atoms with Crippen molar-refractivity contribution in [3.8, 4) is 0 Å². The summed E-state index contributed by atoms with van der Waals surface area (Å²) in [6.45, 7) is 3.97. The SMILES string of the molecule is CCc1nc(C)ncc1Br. The van der Waals surface area contributed by atoms with Crippen molar-refractivity contribution in [2.45, 2.75) is 20.3 Å². The van der Waals surface area contributed by atoms with Crippen LogP contribution in [0.5, 0.6) is 0 Å². The zero-order valence-electron chi connectivity index (χ0n) is 6.06. The number of hydrogen-bond donors (Lipinski definition) is 0. The van der Waals surface area contributed by atoms with Gasteiger partial charge in [-0.2, -0.15) is 0 Å². The van der Waals surface area contributed by atoms with E-state index in [1.54, 1.807) is 6.20 Å². The van der Waals surface area contributed by atoms with Crippen molar-refractivity contribution >= 4 is 15.9 Å². The molecule has 1 rings (SSSR count). The molecule has 0 aromatic carbocycles.